The van der Waals surface area contributed by atoms with Crippen molar-refractivity contribution >= 4 is 33.3 Å². The highest BCUT2D eigenvalue weighted by atomic mass is 79.9. The number of ketones is 1. The van der Waals surface area contributed by atoms with Crippen LogP contribution in [0.2, 0.25) is 0 Å². The van der Waals surface area contributed by atoms with Gasteiger partial charge < -0.3 is 14.2 Å². The molecule has 2 aromatic carbocycles. The molecule has 0 N–H and O–H groups in total. The van der Waals surface area contributed by atoms with Gasteiger partial charge in [0.15, 0.2) is 5.78 Å². The molecule has 1 heterocycles. The number of allylic oxidation sites excluding steroid dienone is 1. The Balaban J connectivity index is 1.47. The first-order chi connectivity index (χ1) is 14.1. The molecule has 5 nitrogen and oxygen atoms in total. The molecule has 4 rings (SSSR count). The Kier molecular flexibility index (Phi) is 5.72. The topological polar surface area (TPSA) is 61.8 Å². The van der Waals surface area contributed by atoms with Crippen LogP contribution in [0, 0.1) is 5.92 Å². The third kappa shape index (κ3) is 3.94. The molecule has 0 saturated heterocycles. The Bertz CT molecular complexity index is 967. The number of hydrogen-bond acceptors (Lipinski definition) is 5. The zero-order chi connectivity index (χ0) is 20.4. The summed E-state index contributed by atoms with van der Waals surface area (Å²) in [5.74, 6) is 0.0955. The number of carbonyl (C=O) groups is 2. The van der Waals surface area contributed by atoms with Crippen LogP contribution in [-0.4, -0.2) is 31.1 Å². The largest absolute Gasteiger partial charge is 0.496 e. The fourth-order valence-corrected chi connectivity index (χ4v) is 4.41. The smallest absolute Gasteiger partial charge is 0.339 e. The van der Waals surface area contributed by atoms with Crippen LogP contribution in [0.5, 0.6) is 5.75 Å². The second-order valence-corrected chi connectivity index (χ2v) is 8.05. The maximum absolute atomic E-state index is 13.1. The zero-order valence-corrected chi connectivity index (χ0v) is 17.6. The predicted octanol–water partition coefficient (Wildman–Crippen LogP) is 4.79. The number of hydrogen-bond donors (Lipinski definition) is 0. The number of carbonyl (C=O) groups excluding carboxylic acids is 2. The van der Waals surface area contributed by atoms with Crippen LogP contribution in [0.15, 0.2) is 59.3 Å². The number of ether oxygens (including phenoxy) is 3. The van der Waals surface area contributed by atoms with Gasteiger partial charge in [-0.2, -0.15) is 0 Å². The van der Waals surface area contributed by atoms with Crippen molar-refractivity contribution in [3.05, 3.63) is 70.4 Å². The summed E-state index contributed by atoms with van der Waals surface area (Å²) in [6.45, 7) is 0. The van der Waals surface area contributed by atoms with Crippen molar-refractivity contribution in [3.63, 3.8) is 0 Å². The van der Waals surface area contributed by atoms with Gasteiger partial charge in [0.05, 0.1) is 30.4 Å². The van der Waals surface area contributed by atoms with Crippen molar-refractivity contribution in [2.45, 2.75) is 31.5 Å². The van der Waals surface area contributed by atoms with Crippen LogP contribution < -0.4 is 4.74 Å². The summed E-state index contributed by atoms with van der Waals surface area (Å²) in [6, 6.07) is 14.6. The van der Waals surface area contributed by atoms with E-state index in [2.05, 4.69) is 15.9 Å². The van der Waals surface area contributed by atoms with E-state index < -0.39 is 0 Å². The molecule has 0 aromatic heterocycles. The van der Waals surface area contributed by atoms with Gasteiger partial charge in [-0.05, 0) is 47.0 Å². The van der Waals surface area contributed by atoms with Crippen molar-refractivity contribution < 1.29 is 23.8 Å². The second-order valence-electron chi connectivity index (χ2n) is 7.20. The lowest BCUT2D eigenvalue weighted by atomic mass is 9.77. The minimum Gasteiger partial charge on any atom is -0.496 e. The first-order valence-electron chi connectivity index (χ1n) is 9.57. The molecule has 2 aromatic rings. The van der Waals surface area contributed by atoms with Crippen LogP contribution in [0.25, 0.3) is 5.57 Å². The summed E-state index contributed by atoms with van der Waals surface area (Å²) in [4.78, 5) is 25.6. The first kappa shape index (κ1) is 19.7. The quantitative estimate of drug-likeness (QED) is 0.618. The molecule has 150 valence electrons. The van der Waals surface area contributed by atoms with Gasteiger partial charge in [0.1, 0.15) is 18.0 Å². The van der Waals surface area contributed by atoms with Gasteiger partial charge in [-0.25, -0.2) is 4.79 Å². The minimum atomic E-state index is -0.367. The summed E-state index contributed by atoms with van der Waals surface area (Å²) < 4.78 is 17.7. The first-order valence-corrected chi connectivity index (χ1v) is 10.4. The summed E-state index contributed by atoms with van der Waals surface area (Å²) in [7, 11) is 1.58. The number of para-hydroxylation sites is 1. The molecule has 6 heteroatoms. The third-order valence-corrected chi connectivity index (χ3v) is 6.16. The van der Waals surface area contributed by atoms with Gasteiger partial charge in [0.2, 0.25) is 0 Å². The number of esters is 1. The molecule has 29 heavy (non-hydrogen) atoms. The van der Waals surface area contributed by atoms with Gasteiger partial charge in [0.25, 0.3) is 0 Å². The Labute approximate surface area is 177 Å². The van der Waals surface area contributed by atoms with E-state index in [9.17, 15) is 9.59 Å². The minimum absolute atomic E-state index is 0.0568. The molecule has 2 aliphatic rings. The number of Topliss-reactive ketones (excluding diaryl/α,β-unsaturated/α-hetero) is 1. The van der Waals surface area contributed by atoms with Crippen LogP contribution in [0.3, 0.4) is 0 Å². The maximum Gasteiger partial charge on any atom is 0.339 e. The van der Waals surface area contributed by atoms with E-state index in [0.29, 0.717) is 40.6 Å². The molecule has 1 aliphatic carbocycles. The average molecular weight is 457 g/mol. The average Bonchev–Trinajstić information content (AvgIpc) is 2.74. The summed E-state index contributed by atoms with van der Waals surface area (Å²) in [5, 5.41) is 0. The molecule has 3 unspecified atom stereocenters. The number of fused-ring (bicyclic) bond motifs is 1. The van der Waals surface area contributed by atoms with Gasteiger partial charge >= 0.3 is 5.97 Å². The monoisotopic (exact) mass is 456 g/mol. The fourth-order valence-electron chi connectivity index (χ4n) is 3.97. The lowest BCUT2D eigenvalue weighted by molar-refractivity contribution is -0.126. The van der Waals surface area contributed by atoms with Crippen molar-refractivity contribution in [1.82, 2.24) is 0 Å². The van der Waals surface area contributed by atoms with Gasteiger partial charge in [-0.3, -0.25) is 4.79 Å². The second kappa shape index (κ2) is 8.41. The van der Waals surface area contributed by atoms with Crippen molar-refractivity contribution in [2.24, 2.45) is 5.92 Å². The standard InChI is InChI=1S/C23H21BrO5/c1-27-20-9-5-3-6-15(20)18-13-28-21-12-14(10-11-17(21)22(18)25)29-23(26)16-7-2-4-8-19(16)24/h2-9,13-14,17,21H,10-12H2,1H3. The fraction of sp³-hybridized carbons (Fsp3) is 0.304. The molecule has 0 spiro atoms. The summed E-state index contributed by atoms with van der Waals surface area (Å²) in [5.41, 5.74) is 1.77. The van der Waals surface area contributed by atoms with Crippen LogP contribution >= 0.6 is 15.9 Å². The van der Waals surface area contributed by atoms with E-state index >= 15 is 0 Å². The van der Waals surface area contributed by atoms with Gasteiger partial charge in [-0.15, -0.1) is 0 Å². The molecule has 1 saturated carbocycles. The van der Waals surface area contributed by atoms with E-state index in [1.165, 1.54) is 6.26 Å². The summed E-state index contributed by atoms with van der Waals surface area (Å²) >= 11 is 3.38. The molecular weight excluding hydrogens is 436 g/mol. The lowest BCUT2D eigenvalue weighted by Crippen LogP contribution is -2.42. The molecule has 0 radical (unpaired) electrons. The van der Waals surface area contributed by atoms with Gasteiger partial charge in [-0.1, -0.05) is 30.3 Å². The van der Waals surface area contributed by atoms with Crippen LogP contribution in [-0.2, 0) is 14.3 Å². The number of halogens is 1. The van der Waals surface area contributed by atoms with Gasteiger partial charge in [0, 0.05) is 16.5 Å². The highest BCUT2D eigenvalue weighted by Gasteiger charge is 2.42. The molecule has 0 bridgehead atoms. The van der Waals surface area contributed by atoms with E-state index in [-0.39, 0.29) is 29.9 Å². The van der Waals surface area contributed by atoms with Crippen LogP contribution in [0.4, 0.5) is 0 Å². The lowest BCUT2D eigenvalue weighted by Gasteiger charge is -2.37. The predicted molar refractivity (Wildman–Crippen MR) is 112 cm³/mol. The molecule has 1 aliphatic heterocycles. The Morgan fingerprint density at radius 3 is 2.66 bits per heavy atom. The highest BCUT2D eigenvalue weighted by Crippen LogP contribution is 2.39. The van der Waals surface area contributed by atoms with E-state index in [1.54, 1.807) is 25.3 Å². The SMILES string of the molecule is COc1ccccc1C1=COC2CC(OC(=O)c3ccccc3Br)CCC2C1=O. The molecular formula is C23H21BrO5. The maximum atomic E-state index is 13.1. The molecule has 0 amide bonds. The number of methoxy groups -OCH3 is 1. The van der Waals surface area contributed by atoms with Crippen molar-refractivity contribution in [1.29, 1.82) is 0 Å². The zero-order valence-electron chi connectivity index (χ0n) is 16.0. The van der Waals surface area contributed by atoms with E-state index in [0.717, 1.165) is 5.56 Å². The van der Waals surface area contributed by atoms with Crippen molar-refractivity contribution in [3.8, 4) is 5.75 Å². The highest BCUT2D eigenvalue weighted by molar-refractivity contribution is 9.10. The Morgan fingerprint density at radius 2 is 1.86 bits per heavy atom. The summed E-state index contributed by atoms with van der Waals surface area (Å²) in [6.07, 6.45) is 2.72. The number of benzene rings is 2. The van der Waals surface area contributed by atoms with Crippen LogP contribution in [0.1, 0.15) is 35.2 Å². The normalized spacial score (nSPS) is 23.4. The Hall–Kier alpha value is -2.60. The third-order valence-electron chi connectivity index (χ3n) is 5.47. The molecule has 3 atom stereocenters. The Morgan fingerprint density at radius 1 is 1.10 bits per heavy atom. The molecule has 1 fully saturated rings. The number of rotatable bonds is 4. The van der Waals surface area contributed by atoms with Crippen molar-refractivity contribution in [2.75, 3.05) is 7.11 Å². The van der Waals surface area contributed by atoms with E-state index in [4.69, 9.17) is 14.2 Å². The van der Waals surface area contributed by atoms with E-state index in [1.807, 2.05) is 30.3 Å².